The summed E-state index contributed by atoms with van der Waals surface area (Å²) in [6.45, 7) is 1.69. The predicted molar refractivity (Wildman–Crippen MR) is 103 cm³/mol. The van der Waals surface area contributed by atoms with E-state index >= 15 is 0 Å². The molecule has 3 aromatic rings. The second-order valence-electron chi connectivity index (χ2n) is 6.04. The van der Waals surface area contributed by atoms with Gasteiger partial charge in [0.1, 0.15) is 16.5 Å². The van der Waals surface area contributed by atoms with Gasteiger partial charge in [0.15, 0.2) is 0 Å². The molecular formula is C19H16N2O4S2. The number of rotatable bonds is 6. The van der Waals surface area contributed by atoms with E-state index < -0.39 is 12.1 Å². The number of hydrogen-bond acceptors (Lipinski definition) is 7. The molecule has 2 aromatic heterocycles. The second kappa shape index (κ2) is 7.59. The Balaban J connectivity index is 1.56. The molecule has 0 saturated carbocycles. The van der Waals surface area contributed by atoms with Gasteiger partial charge < -0.3 is 15.2 Å². The average Bonchev–Trinajstić information content (AvgIpc) is 3.33. The topological polar surface area (TPSA) is 88.5 Å². The summed E-state index contributed by atoms with van der Waals surface area (Å²) in [6, 6.07) is 10.6. The Labute approximate surface area is 163 Å². The third-order valence-corrected chi connectivity index (χ3v) is 6.29. The van der Waals surface area contributed by atoms with Crippen molar-refractivity contribution in [1.82, 2.24) is 10.3 Å². The summed E-state index contributed by atoms with van der Waals surface area (Å²) >= 11 is 2.61. The molecule has 1 aliphatic heterocycles. The molecule has 0 fully saturated rings. The number of carbonyl (C=O) groups excluding carboxylic acids is 1. The third kappa shape index (κ3) is 3.78. The normalized spacial score (nSPS) is 14.4. The lowest BCUT2D eigenvalue weighted by Gasteiger charge is -2.12. The van der Waals surface area contributed by atoms with E-state index in [4.69, 9.17) is 4.74 Å². The SMILES string of the molecule is O=C(c1csc(C(Oc2ccccc2)C(=O)O)n1)c1cc2c(s1)CCNC2. The minimum atomic E-state index is -1.25. The summed E-state index contributed by atoms with van der Waals surface area (Å²) in [4.78, 5) is 30.5. The second-order valence-corrected chi connectivity index (χ2v) is 8.06. The highest BCUT2D eigenvalue weighted by Gasteiger charge is 2.27. The Hall–Kier alpha value is -2.55. The van der Waals surface area contributed by atoms with Gasteiger partial charge in [0.25, 0.3) is 0 Å². The number of carbonyl (C=O) groups is 2. The lowest BCUT2D eigenvalue weighted by atomic mass is 10.1. The number of carboxylic acid groups (broad SMARTS) is 1. The number of fused-ring (bicyclic) bond motifs is 1. The molecule has 1 aromatic carbocycles. The molecular weight excluding hydrogens is 384 g/mol. The fourth-order valence-electron chi connectivity index (χ4n) is 2.84. The fourth-order valence-corrected chi connectivity index (χ4v) is 4.79. The van der Waals surface area contributed by atoms with Crippen LogP contribution >= 0.6 is 22.7 Å². The van der Waals surface area contributed by atoms with Crippen LogP contribution in [-0.2, 0) is 17.8 Å². The predicted octanol–water partition coefficient (Wildman–Crippen LogP) is 3.29. The average molecular weight is 400 g/mol. The maximum absolute atomic E-state index is 12.8. The van der Waals surface area contributed by atoms with Crippen molar-refractivity contribution in [2.45, 2.75) is 19.1 Å². The van der Waals surface area contributed by atoms with E-state index in [9.17, 15) is 14.7 Å². The summed E-state index contributed by atoms with van der Waals surface area (Å²) < 4.78 is 5.56. The van der Waals surface area contributed by atoms with E-state index in [1.54, 1.807) is 29.6 Å². The number of para-hydroxylation sites is 1. The standard InChI is InChI=1S/C19H16N2O4S2/c22-16(15-8-11-9-20-7-6-14(11)27-15)13-10-26-18(21-13)17(19(23)24)25-12-4-2-1-3-5-12/h1-5,8,10,17,20H,6-7,9H2,(H,23,24). The quantitative estimate of drug-likeness (QED) is 0.618. The molecule has 4 rings (SSSR count). The van der Waals surface area contributed by atoms with Crippen LogP contribution in [0.4, 0.5) is 0 Å². The number of aliphatic carboxylic acids is 1. The van der Waals surface area contributed by atoms with Gasteiger partial charge in [-0.15, -0.1) is 22.7 Å². The van der Waals surface area contributed by atoms with E-state index in [-0.39, 0.29) is 16.5 Å². The summed E-state index contributed by atoms with van der Waals surface area (Å²) in [5, 5.41) is 14.6. The van der Waals surface area contributed by atoms with Crippen LogP contribution in [0.1, 0.15) is 36.9 Å². The maximum Gasteiger partial charge on any atom is 0.352 e. The van der Waals surface area contributed by atoms with Crippen LogP contribution in [0.5, 0.6) is 5.75 Å². The van der Waals surface area contributed by atoms with Crippen LogP contribution in [-0.4, -0.2) is 28.4 Å². The fraction of sp³-hybridized carbons (Fsp3) is 0.211. The third-order valence-electron chi connectivity index (χ3n) is 4.17. The number of nitrogens with one attached hydrogen (secondary N) is 1. The molecule has 0 spiro atoms. The van der Waals surface area contributed by atoms with Crippen LogP contribution in [0.3, 0.4) is 0 Å². The smallest absolute Gasteiger partial charge is 0.352 e. The molecule has 3 heterocycles. The molecule has 1 atom stereocenters. The number of ketones is 1. The molecule has 1 unspecified atom stereocenters. The lowest BCUT2D eigenvalue weighted by molar-refractivity contribution is -0.145. The highest BCUT2D eigenvalue weighted by Crippen LogP contribution is 2.29. The highest BCUT2D eigenvalue weighted by molar-refractivity contribution is 7.14. The van der Waals surface area contributed by atoms with Gasteiger partial charge in [-0.25, -0.2) is 9.78 Å². The minimum Gasteiger partial charge on any atom is -0.478 e. The van der Waals surface area contributed by atoms with E-state index in [2.05, 4.69) is 10.3 Å². The van der Waals surface area contributed by atoms with E-state index in [0.29, 0.717) is 10.6 Å². The van der Waals surface area contributed by atoms with Crippen molar-refractivity contribution < 1.29 is 19.4 Å². The van der Waals surface area contributed by atoms with Gasteiger partial charge in [-0.3, -0.25) is 4.79 Å². The van der Waals surface area contributed by atoms with Crippen molar-refractivity contribution in [3.63, 3.8) is 0 Å². The Morgan fingerprint density at radius 1 is 1.26 bits per heavy atom. The molecule has 2 N–H and O–H groups in total. The number of ether oxygens (including phenoxy) is 1. The van der Waals surface area contributed by atoms with Crippen molar-refractivity contribution in [3.05, 3.63) is 67.8 Å². The van der Waals surface area contributed by atoms with Crippen LogP contribution in [0.2, 0.25) is 0 Å². The van der Waals surface area contributed by atoms with Crippen molar-refractivity contribution >= 4 is 34.4 Å². The van der Waals surface area contributed by atoms with E-state index in [0.717, 1.165) is 36.4 Å². The summed E-state index contributed by atoms with van der Waals surface area (Å²) in [7, 11) is 0. The molecule has 0 radical (unpaired) electrons. The first-order chi connectivity index (χ1) is 13.1. The van der Waals surface area contributed by atoms with Crippen LogP contribution in [0.15, 0.2) is 41.8 Å². The number of thiophene rings is 1. The highest BCUT2D eigenvalue weighted by atomic mass is 32.1. The number of aromatic nitrogens is 1. The first-order valence-electron chi connectivity index (χ1n) is 8.39. The van der Waals surface area contributed by atoms with Crippen LogP contribution in [0, 0.1) is 0 Å². The summed E-state index contributed by atoms with van der Waals surface area (Å²) in [6.07, 6.45) is -0.332. The van der Waals surface area contributed by atoms with Gasteiger partial charge in [0.05, 0.1) is 4.88 Å². The molecule has 1 aliphatic rings. The minimum absolute atomic E-state index is 0.180. The van der Waals surface area contributed by atoms with Crippen LogP contribution in [0.25, 0.3) is 0 Å². The van der Waals surface area contributed by atoms with Crippen molar-refractivity contribution in [3.8, 4) is 5.75 Å². The van der Waals surface area contributed by atoms with Crippen LogP contribution < -0.4 is 10.1 Å². The van der Waals surface area contributed by atoms with Gasteiger partial charge in [-0.05, 0) is 30.2 Å². The maximum atomic E-state index is 12.8. The summed E-state index contributed by atoms with van der Waals surface area (Å²) in [5.41, 5.74) is 1.41. The zero-order chi connectivity index (χ0) is 18.8. The molecule has 27 heavy (non-hydrogen) atoms. The first kappa shape index (κ1) is 17.8. The monoisotopic (exact) mass is 400 g/mol. The number of nitrogens with zero attached hydrogens (tertiary/aromatic N) is 1. The number of carboxylic acids is 1. The number of hydrogen-bond donors (Lipinski definition) is 2. The molecule has 138 valence electrons. The van der Waals surface area contributed by atoms with Gasteiger partial charge >= 0.3 is 5.97 Å². The molecule has 0 aliphatic carbocycles. The number of benzene rings is 1. The Bertz CT molecular complexity index is 957. The molecule has 8 heteroatoms. The zero-order valence-corrected chi connectivity index (χ0v) is 15.8. The zero-order valence-electron chi connectivity index (χ0n) is 14.2. The van der Waals surface area contributed by atoms with E-state index in [1.165, 1.54) is 16.2 Å². The molecule has 6 nitrogen and oxygen atoms in total. The molecule has 0 amide bonds. The van der Waals surface area contributed by atoms with Gasteiger partial charge in [0, 0.05) is 23.3 Å². The van der Waals surface area contributed by atoms with Gasteiger partial charge in [0.2, 0.25) is 11.9 Å². The Morgan fingerprint density at radius 2 is 2.07 bits per heavy atom. The van der Waals surface area contributed by atoms with Crippen molar-refractivity contribution in [2.75, 3.05) is 6.54 Å². The Kier molecular flexibility index (Phi) is 5.02. The summed E-state index contributed by atoms with van der Waals surface area (Å²) in [5.74, 6) is -0.892. The first-order valence-corrected chi connectivity index (χ1v) is 10.1. The lowest BCUT2D eigenvalue weighted by Crippen LogP contribution is -2.21. The van der Waals surface area contributed by atoms with Gasteiger partial charge in [-0.1, -0.05) is 18.2 Å². The number of thiazole rings is 1. The van der Waals surface area contributed by atoms with Gasteiger partial charge in [-0.2, -0.15) is 0 Å². The van der Waals surface area contributed by atoms with E-state index in [1.807, 2.05) is 12.1 Å². The largest absolute Gasteiger partial charge is 0.478 e. The van der Waals surface area contributed by atoms with Crippen molar-refractivity contribution in [2.24, 2.45) is 0 Å². The Morgan fingerprint density at radius 3 is 2.81 bits per heavy atom. The molecule has 0 saturated heterocycles. The van der Waals surface area contributed by atoms with Crippen molar-refractivity contribution in [1.29, 1.82) is 0 Å². The molecule has 0 bridgehead atoms.